The lowest BCUT2D eigenvalue weighted by atomic mass is 10.4. The van der Waals surface area contributed by atoms with Gasteiger partial charge in [-0.3, -0.25) is 0 Å². The van der Waals surface area contributed by atoms with E-state index < -0.39 is 0 Å². The third kappa shape index (κ3) is 2.36. The van der Waals surface area contributed by atoms with Crippen molar-refractivity contribution in [1.82, 2.24) is 19.5 Å². The highest BCUT2D eigenvalue weighted by atomic mass is 15.1. The number of anilines is 1. The van der Waals surface area contributed by atoms with E-state index in [0.717, 1.165) is 23.2 Å². The van der Waals surface area contributed by atoms with E-state index in [1.807, 2.05) is 37.7 Å². The first-order valence-corrected chi connectivity index (χ1v) is 5.17. The summed E-state index contributed by atoms with van der Waals surface area (Å²) < 4.78 is 1.98. The van der Waals surface area contributed by atoms with Gasteiger partial charge in [-0.15, -0.1) is 0 Å². The Balaban J connectivity index is 2.07. The van der Waals surface area contributed by atoms with Gasteiger partial charge in [-0.25, -0.2) is 15.0 Å². The summed E-state index contributed by atoms with van der Waals surface area (Å²) in [5.74, 6) is 2.60. The van der Waals surface area contributed by atoms with Gasteiger partial charge in [0.25, 0.3) is 0 Å². The first-order chi connectivity index (χ1) is 7.65. The van der Waals surface area contributed by atoms with Crippen LogP contribution in [0, 0.1) is 13.8 Å². The minimum Gasteiger partial charge on any atom is -0.363 e. The standard InChI is InChI=1S/C11H15N5/c1-8-6-10(15-9(2)14-8)13-7-11-12-4-5-16(11)3/h4-6H,7H2,1-3H3,(H,13,14,15). The van der Waals surface area contributed by atoms with Crippen molar-refractivity contribution in [2.75, 3.05) is 5.32 Å². The largest absolute Gasteiger partial charge is 0.363 e. The molecule has 2 aromatic rings. The minimum atomic E-state index is 0.666. The predicted molar refractivity (Wildman–Crippen MR) is 62.0 cm³/mol. The van der Waals surface area contributed by atoms with E-state index in [0.29, 0.717) is 6.54 Å². The molecule has 0 atom stereocenters. The molecule has 0 radical (unpaired) electrons. The summed E-state index contributed by atoms with van der Waals surface area (Å²) in [6, 6.07) is 1.93. The van der Waals surface area contributed by atoms with Crippen LogP contribution in [0.1, 0.15) is 17.3 Å². The maximum absolute atomic E-state index is 4.30. The third-order valence-electron chi connectivity index (χ3n) is 2.31. The third-order valence-corrected chi connectivity index (χ3v) is 2.31. The van der Waals surface area contributed by atoms with Crippen LogP contribution in [0.5, 0.6) is 0 Å². The molecule has 2 heterocycles. The Hall–Kier alpha value is -1.91. The van der Waals surface area contributed by atoms with Gasteiger partial charge >= 0.3 is 0 Å². The van der Waals surface area contributed by atoms with Crippen molar-refractivity contribution in [2.24, 2.45) is 7.05 Å². The molecule has 16 heavy (non-hydrogen) atoms. The average molecular weight is 217 g/mol. The van der Waals surface area contributed by atoms with Crippen LogP contribution in [-0.4, -0.2) is 19.5 Å². The number of rotatable bonds is 3. The second-order valence-electron chi connectivity index (χ2n) is 3.75. The van der Waals surface area contributed by atoms with Gasteiger partial charge in [0.1, 0.15) is 17.5 Å². The van der Waals surface area contributed by atoms with Crippen LogP contribution in [0.25, 0.3) is 0 Å². The predicted octanol–water partition coefficient (Wildman–Crippen LogP) is 1.44. The number of nitrogens with one attached hydrogen (secondary N) is 1. The van der Waals surface area contributed by atoms with Gasteiger partial charge < -0.3 is 9.88 Å². The second kappa shape index (κ2) is 4.30. The molecule has 0 fully saturated rings. The molecule has 0 saturated heterocycles. The normalized spacial score (nSPS) is 10.4. The van der Waals surface area contributed by atoms with E-state index in [-0.39, 0.29) is 0 Å². The van der Waals surface area contributed by atoms with Gasteiger partial charge in [0.05, 0.1) is 6.54 Å². The summed E-state index contributed by atoms with van der Waals surface area (Å²) in [7, 11) is 1.97. The zero-order chi connectivity index (χ0) is 11.5. The van der Waals surface area contributed by atoms with Crippen molar-refractivity contribution in [2.45, 2.75) is 20.4 Å². The van der Waals surface area contributed by atoms with E-state index in [1.165, 1.54) is 0 Å². The molecule has 2 aromatic heterocycles. The van der Waals surface area contributed by atoms with Crippen molar-refractivity contribution >= 4 is 5.82 Å². The maximum Gasteiger partial charge on any atom is 0.130 e. The van der Waals surface area contributed by atoms with Crippen LogP contribution in [0.3, 0.4) is 0 Å². The molecule has 0 saturated carbocycles. The van der Waals surface area contributed by atoms with E-state index in [4.69, 9.17) is 0 Å². The van der Waals surface area contributed by atoms with Crippen LogP contribution in [0.4, 0.5) is 5.82 Å². The van der Waals surface area contributed by atoms with E-state index in [1.54, 1.807) is 6.20 Å². The van der Waals surface area contributed by atoms with Gasteiger partial charge in [0.2, 0.25) is 0 Å². The highest BCUT2D eigenvalue weighted by Gasteiger charge is 2.01. The minimum absolute atomic E-state index is 0.666. The Morgan fingerprint density at radius 3 is 2.75 bits per heavy atom. The summed E-state index contributed by atoms with van der Waals surface area (Å²) >= 11 is 0. The molecule has 0 amide bonds. The molecule has 0 aromatic carbocycles. The van der Waals surface area contributed by atoms with Crippen LogP contribution in [-0.2, 0) is 13.6 Å². The summed E-state index contributed by atoms with van der Waals surface area (Å²) in [6.07, 6.45) is 3.71. The van der Waals surface area contributed by atoms with Gasteiger partial charge in [-0.1, -0.05) is 0 Å². The Morgan fingerprint density at radius 2 is 2.12 bits per heavy atom. The highest BCUT2D eigenvalue weighted by molar-refractivity contribution is 5.35. The van der Waals surface area contributed by atoms with Crippen molar-refractivity contribution in [3.8, 4) is 0 Å². The monoisotopic (exact) mass is 217 g/mol. The van der Waals surface area contributed by atoms with E-state index >= 15 is 0 Å². The Labute approximate surface area is 94.6 Å². The number of imidazole rings is 1. The van der Waals surface area contributed by atoms with Crippen molar-refractivity contribution in [3.63, 3.8) is 0 Å². The number of aromatic nitrogens is 4. The van der Waals surface area contributed by atoms with Crippen molar-refractivity contribution in [1.29, 1.82) is 0 Å². The van der Waals surface area contributed by atoms with Crippen molar-refractivity contribution in [3.05, 3.63) is 35.8 Å². The molecular weight excluding hydrogens is 202 g/mol. The molecule has 2 rings (SSSR count). The first kappa shape index (κ1) is 10.6. The second-order valence-corrected chi connectivity index (χ2v) is 3.75. The molecule has 0 aliphatic heterocycles. The molecule has 84 valence electrons. The molecule has 0 unspecified atom stereocenters. The number of hydrogen-bond donors (Lipinski definition) is 1. The smallest absolute Gasteiger partial charge is 0.130 e. The van der Waals surface area contributed by atoms with Crippen LogP contribution in [0.15, 0.2) is 18.5 Å². The SMILES string of the molecule is Cc1cc(NCc2nccn2C)nc(C)n1. The summed E-state index contributed by atoms with van der Waals surface area (Å²) in [5, 5.41) is 3.24. The quantitative estimate of drug-likeness (QED) is 0.845. The van der Waals surface area contributed by atoms with Crippen LogP contribution < -0.4 is 5.32 Å². The van der Waals surface area contributed by atoms with Crippen molar-refractivity contribution < 1.29 is 0 Å². The summed E-state index contributed by atoms with van der Waals surface area (Å²) in [5.41, 5.74) is 0.967. The molecular formula is C11H15N5. The average Bonchev–Trinajstić information content (AvgIpc) is 2.59. The zero-order valence-corrected chi connectivity index (χ0v) is 9.73. The Morgan fingerprint density at radius 1 is 1.31 bits per heavy atom. The van der Waals surface area contributed by atoms with Gasteiger partial charge in [-0.05, 0) is 13.8 Å². The van der Waals surface area contributed by atoms with Crippen LogP contribution in [0.2, 0.25) is 0 Å². The lowest BCUT2D eigenvalue weighted by Gasteiger charge is -2.06. The molecule has 0 spiro atoms. The Kier molecular flexibility index (Phi) is 2.85. The van der Waals surface area contributed by atoms with Gasteiger partial charge in [0.15, 0.2) is 0 Å². The molecule has 0 aliphatic carbocycles. The fourth-order valence-corrected chi connectivity index (χ4v) is 1.54. The zero-order valence-electron chi connectivity index (χ0n) is 9.73. The van der Waals surface area contributed by atoms with Gasteiger partial charge in [-0.2, -0.15) is 0 Å². The molecule has 0 bridgehead atoms. The maximum atomic E-state index is 4.30. The van der Waals surface area contributed by atoms with Crippen LogP contribution >= 0.6 is 0 Å². The Bertz CT molecular complexity index is 469. The fraction of sp³-hybridized carbons (Fsp3) is 0.364. The summed E-state index contributed by atoms with van der Waals surface area (Å²) in [6.45, 7) is 4.51. The fourth-order valence-electron chi connectivity index (χ4n) is 1.54. The number of nitrogens with zero attached hydrogens (tertiary/aromatic N) is 4. The summed E-state index contributed by atoms with van der Waals surface area (Å²) in [4.78, 5) is 12.8. The van der Waals surface area contributed by atoms with Gasteiger partial charge in [0, 0.05) is 31.2 Å². The van der Waals surface area contributed by atoms with E-state index in [9.17, 15) is 0 Å². The van der Waals surface area contributed by atoms with E-state index in [2.05, 4.69) is 20.3 Å². The molecule has 5 nitrogen and oxygen atoms in total. The topological polar surface area (TPSA) is 55.6 Å². The lowest BCUT2D eigenvalue weighted by molar-refractivity contribution is 0.809. The highest BCUT2D eigenvalue weighted by Crippen LogP contribution is 2.07. The molecule has 5 heteroatoms. The first-order valence-electron chi connectivity index (χ1n) is 5.17. The lowest BCUT2D eigenvalue weighted by Crippen LogP contribution is -2.07. The molecule has 1 N–H and O–H groups in total. The molecule has 0 aliphatic rings. The number of hydrogen-bond acceptors (Lipinski definition) is 4. The number of aryl methyl sites for hydroxylation is 3.